The summed E-state index contributed by atoms with van der Waals surface area (Å²) in [7, 11) is 4.37. The molecule has 2 aliphatic heterocycles. The number of ketones is 2. The van der Waals surface area contributed by atoms with Crippen molar-refractivity contribution in [1.29, 1.82) is 0 Å². The van der Waals surface area contributed by atoms with Gasteiger partial charge >= 0.3 is 5.97 Å². The Kier molecular flexibility index (Phi) is 27.4. The van der Waals surface area contributed by atoms with Crippen LogP contribution in [-0.2, 0) is 91.8 Å². The fraction of sp³-hybridized carbons (Fsp3) is 0.698. The minimum absolute atomic E-state index is 0. The van der Waals surface area contributed by atoms with E-state index >= 15 is 0 Å². The van der Waals surface area contributed by atoms with E-state index in [2.05, 4.69) is 10.6 Å². The van der Waals surface area contributed by atoms with E-state index in [-0.39, 0.29) is 108 Å². The third-order valence-electron chi connectivity index (χ3n) is 13.5. The Bertz CT molecular complexity index is 2040. The number of likely N-dealkylation sites (N-methyl/N-ethyl adjacent to an activating group) is 2. The van der Waals surface area contributed by atoms with E-state index in [9.17, 15) is 43.2 Å². The first-order chi connectivity index (χ1) is 33.8. The fourth-order valence-electron chi connectivity index (χ4n) is 8.93. The van der Waals surface area contributed by atoms with Crippen LogP contribution in [0.25, 0.3) is 5.73 Å². The van der Waals surface area contributed by atoms with E-state index in [4.69, 9.17) is 19.9 Å². The number of amides is 6. The normalized spacial score (nSPS) is 18.4. The van der Waals surface area contributed by atoms with Crippen molar-refractivity contribution in [2.24, 2.45) is 23.7 Å². The molecule has 9 atom stereocenters. The molecule has 2 fully saturated rings. The van der Waals surface area contributed by atoms with Gasteiger partial charge in [-0.1, -0.05) is 80.0 Å². The quantitative estimate of drug-likeness (QED) is 0.0502. The first-order valence-electron chi connectivity index (χ1n) is 25.6. The summed E-state index contributed by atoms with van der Waals surface area (Å²) >= 11 is 0. The van der Waals surface area contributed by atoms with Gasteiger partial charge in [-0.2, -0.15) is 5.92 Å². The third kappa shape index (κ3) is 19.1. The second-order valence-electron chi connectivity index (χ2n) is 20.7. The van der Waals surface area contributed by atoms with Crippen LogP contribution in [0.3, 0.4) is 0 Å². The molecule has 1 radical (unpaired) electrons. The van der Waals surface area contributed by atoms with E-state index in [1.165, 1.54) is 47.7 Å². The van der Waals surface area contributed by atoms with Gasteiger partial charge in [-0.05, 0) is 75.0 Å². The number of carbonyl (C=O) groups is 9. The Labute approximate surface area is 458 Å². The maximum atomic E-state index is 14.8. The summed E-state index contributed by atoms with van der Waals surface area (Å²) in [6, 6.07) is -0.293. The average Bonchev–Trinajstić information content (AvgIpc) is 4.04. The summed E-state index contributed by atoms with van der Waals surface area (Å²) in [6.45, 7) is 17.8. The molecule has 2 saturated heterocycles. The topological polar surface area (TPSA) is 242 Å². The van der Waals surface area contributed by atoms with Crippen LogP contribution in [-0.4, -0.2) is 162 Å². The van der Waals surface area contributed by atoms with Crippen molar-refractivity contribution < 1.29 is 90.1 Å². The third-order valence-corrected chi connectivity index (χ3v) is 13.5. The van der Waals surface area contributed by atoms with Crippen molar-refractivity contribution in [2.45, 2.75) is 176 Å². The zero-order chi connectivity index (χ0) is 54.1. The van der Waals surface area contributed by atoms with Crippen LogP contribution in [0.15, 0.2) is 24.3 Å². The number of hydrogen-bond acceptors (Lipinski definition) is 12. The number of rotatable bonds is 28. The van der Waals surface area contributed by atoms with Gasteiger partial charge in [-0.25, -0.2) is 4.79 Å². The SMILES string of the molecule is CC[C@H](C)[C@@H](NC(=O)[C@@H](NC(=O)[C@@H](CC(C)C)N(C)C(=O)[C@@H]1CCCN1C(=O)C(C)=O)[C@@H](C)OC(=O)[C@H](Cc1ccc(OC)cc1)N(C)C(=O)[C@@H]1CCCN1C(=O)[C@@H]([NH-])CC(C)C)OCC(=O)C[CH-]C(C)C.[Y]. The van der Waals surface area contributed by atoms with Crippen molar-refractivity contribution in [2.75, 3.05) is 40.9 Å². The van der Waals surface area contributed by atoms with Crippen LogP contribution in [0.2, 0.25) is 0 Å². The number of nitrogens with one attached hydrogen (secondary N) is 3. The number of hydrogen-bond donors (Lipinski definition) is 2. The Balaban J connectivity index is 0.0000183. The number of ether oxygens (including phenoxy) is 3. The number of likely N-dealkylation sites (tertiary alicyclic amines) is 2. The second-order valence-corrected chi connectivity index (χ2v) is 20.7. The molecule has 0 aliphatic carbocycles. The minimum Gasteiger partial charge on any atom is -0.667 e. The van der Waals surface area contributed by atoms with Crippen LogP contribution in [0, 0.1) is 30.1 Å². The predicted molar refractivity (Wildman–Crippen MR) is 271 cm³/mol. The molecule has 20 heteroatoms. The monoisotopic (exact) mass is 1100 g/mol. The summed E-state index contributed by atoms with van der Waals surface area (Å²) < 4.78 is 17.5. The summed E-state index contributed by atoms with van der Waals surface area (Å²) in [4.78, 5) is 129. The molecule has 0 saturated carbocycles. The molecule has 6 amide bonds. The van der Waals surface area contributed by atoms with Crippen LogP contribution in [0.5, 0.6) is 5.75 Å². The van der Waals surface area contributed by atoms with E-state index < -0.39 is 95.8 Å². The average molecular weight is 1100 g/mol. The van der Waals surface area contributed by atoms with Gasteiger partial charge in [-0.3, -0.25) is 33.6 Å². The van der Waals surface area contributed by atoms with Gasteiger partial charge in [0, 0.05) is 79.2 Å². The molecule has 0 unspecified atom stereocenters. The number of nitrogens with zero attached hydrogens (tertiary/aromatic N) is 4. The second kappa shape index (κ2) is 30.9. The molecular weight excluding hydrogens is 1020 g/mol. The van der Waals surface area contributed by atoms with E-state index in [0.717, 1.165) is 6.92 Å². The molecule has 0 spiro atoms. The van der Waals surface area contributed by atoms with E-state index in [1.54, 1.807) is 24.3 Å². The fourth-order valence-corrected chi connectivity index (χ4v) is 8.93. The molecule has 0 bridgehead atoms. The Morgan fingerprint density at radius 1 is 0.781 bits per heavy atom. The number of methoxy groups -OCH3 is 1. The molecular formula is C53H83N7O12Y-2. The van der Waals surface area contributed by atoms with Crippen molar-refractivity contribution in [3.05, 3.63) is 42.0 Å². The molecule has 19 nitrogen and oxygen atoms in total. The summed E-state index contributed by atoms with van der Waals surface area (Å²) in [5.41, 5.74) is 9.17. The Morgan fingerprint density at radius 2 is 1.33 bits per heavy atom. The van der Waals surface area contributed by atoms with Gasteiger partial charge in [0.25, 0.3) is 5.91 Å². The first kappa shape index (κ1) is 64.8. The zero-order valence-electron chi connectivity index (χ0n) is 45.6. The summed E-state index contributed by atoms with van der Waals surface area (Å²) in [5.74, 6) is -5.54. The van der Waals surface area contributed by atoms with Crippen molar-refractivity contribution in [3.63, 3.8) is 0 Å². The zero-order valence-corrected chi connectivity index (χ0v) is 48.4. The van der Waals surface area contributed by atoms with Crippen LogP contribution >= 0.6 is 0 Å². The molecule has 1 aromatic carbocycles. The Morgan fingerprint density at radius 3 is 1.85 bits per heavy atom. The summed E-state index contributed by atoms with van der Waals surface area (Å²) in [5, 5.41) is 5.60. The molecule has 2 heterocycles. The van der Waals surface area contributed by atoms with Gasteiger partial charge < -0.3 is 61.4 Å². The molecule has 3 N–H and O–H groups in total. The molecule has 2 aliphatic rings. The standard InChI is InChI=1S/C53H83N7O12.Y/c1-14-34(8)48(71-30-38(62)22-19-31(2)3)56-47(64)45(55-46(63)43(28-33(6)7)57(11)51(67)41-17-15-25-59(41)49(65)35(9)61)36(10)72-53(69)44(29-37-20-23-39(70-13)24-21-37)58(12)52(68)42-18-16-26-60(42)50(66)40(54)27-32(4)5;/h19-21,23-24,31-34,36,40-45,48,54H,14-18,22,25-30H2,1-13H3,(H,55,63)(H,56,64);/q-2;/t34-,36+,40-,41-,42-,43+,44-,45-,48-;/m0./s1. The van der Waals surface area contributed by atoms with E-state index in [1.807, 2.05) is 61.8 Å². The van der Waals surface area contributed by atoms with Gasteiger partial charge in [0.05, 0.1) is 7.11 Å². The molecule has 407 valence electrons. The van der Waals surface area contributed by atoms with Gasteiger partial charge in [0.15, 0.2) is 0 Å². The molecule has 0 aromatic heterocycles. The Hall–Kier alpha value is -4.33. The maximum Gasteiger partial charge on any atom is 0.329 e. The van der Waals surface area contributed by atoms with Gasteiger partial charge in [-0.15, -0.1) is 6.42 Å². The molecule has 1 aromatic rings. The number of benzene rings is 1. The molecule has 3 rings (SSSR count). The predicted octanol–water partition coefficient (Wildman–Crippen LogP) is 4.71. The van der Waals surface area contributed by atoms with Crippen LogP contribution in [0.1, 0.15) is 126 Å². The van der Waals surface area contributed by atoms with E-state index in [0.29, 0.717) is 43.4 Å². The van der Waals surface area contributed by atoms with Crippen molar-refractivity contribution in [1.82, 2.24) is 30.2 Å². The summed E-state index contributed by atoms with van der Waals surface area (Å²) in [6.07, 6.45) is 2.02. The number of carbonyl (C=O) groups excluding carboxylic acids is 9. The molecule has 73 heavy (non-hydrogen) atoms. The van der Waals surface area contributed by atoms with Gasteiger partial charge in [0.1, 0.15) is 60.7 Å². The first-order valence-corrected chi connectivity index (χ1v) is 25.6. The van der Waals surface area contributed by atoms with Crippen LogP contribution in [0.4, 0.5) is 0 Å². The largest absolute Gasteiger partial charge is 0.667 e. The smallest absolute Gasteiger partial charge is 0.329 e. The number of esters is 1. The minimum atomic E-state index is -1.64. The van der Waals surface area contributed by atoms with Crippen molar-refractivity contribution in [3.8, 4) is 5.75 Å². The van der Waals surface area contributed by atoms with Gasteiger partial charge in [0.2, 0.25) is 35.3 Å². The number of Topliss-reactive ketones (excluding diaryl/α,β-unsaturated/α-hetero) is 2. The maximum absolute atomic E-state index is 14.8. The van der Waals surface area contributed by atoms with Crippen LogP contribution < -0.4 is 15.4 Å². The van der Waals surface area contributed by atoms with Crippen molar-refractivity contribution >= 4 is 53.0 Å².